The molecule has 3 nitrogen and oxygen atoms in total. The fourth-order valence-corrected chi connectivity index (χ4v) is 4.49. The summed E-state index contributed by atoms with van der Waals surface area (Å²) in [6, 6.07) is 0. The zero-order valence-corrected chi connectivity index (χ0v) is 25.9. The molecular formula is C36H64O3. The number of esters is 1. The van der Waals surface area contributed by atoms with E-state index in [0.717, 1.165) is 57.8 Å². The molecule has 0 aliphatic rings. The molecule has 0 aliphatic carbocycles. The first kappa shape index (κ1) is 37.4. The van der Waals surface area contributed by atoms with Gasteiger partial charge in [-0.05, 0) is 57.8 Å². The van der Waals surface area contributed by atoms with Crippen molar-refractivity contribution in [3.63, 3.8) is 0 Å². The van der Waals surface area contributed by atoms with Gasteiger partial charge in [-0.15, -0.1) is 0 Å². The third kappa shape index (κ3) is 32.5. The normalized spacial score (nSPS) is 13.0. The van der Waals surface area contributed by atoms with Crippen molar-refractivity contribution in [1.29, 1.82) is 0 Å². The smallest absolute Gasteiger partial charge is 0.305 e. The highest BCUT2D eigenvalue weighted by atomic mass is 16.5. The predicted molar refractivity (Wildman–Crippen MR) is 171 cm³/mol. The minimum Gasteiger partial charge on any atom is -0.466 e. The highest BCUT2D eigenvalue weighted by Crippen LogP contribution is 2.11. The first-order valence-corrected chi connectivity index (χ1v) is 16.7. The van der Waals surface area contributed by atoms with Crippen LogP contribution in [-0.4, -0.2) is 23.8 Å². The monoisotopic (exact) mass is 544 g/mol. The minimum atomic E-state index is -0.161. The van der Waals surface area contributed by atoms with Gasteiger partial charge >= 0.3 is 5.97 Å². The maximum Gasteiger partial charge on any atom is 0.305 e. The van der Waals surface area contributed by atoms with Gasteiger partial charge in [0.2, 0.25) is 0 Å². The number of rotatable bonds is 29. The number of ether oxygens (including phenoxy) is 1. The number of aliphatic hydroxyl groups excluding tert-OH is 1. The third-order valence-electron chi connectivity index (χ3n) is 7.08. The summed E-state index contributed by atoms with van der Waals surface area (Å²) < 4.78 is 5.40. The molecule has 0 fully saturated rings. The summed E-state index contributed by atoms with van der Waals surface area (Å²) in [4.78, 5) is 11.9. The van der Waals surface area contributed by atoms with E-state index in [2.05, 4.69) is 62.5 Å². The van der Waals surface area contributed by atoms with Crippen LogP contribution in [0, 0.1) is 0 Å². The van der Waals surface area contributed by atoms with Crippen molar-refractivity contribution in [2.45, 2.75) is 168 Å². The number of carbonyl (C=O) groups is 1. The maximum absolute atomic E-state index is 11.9. The second kappa shape index (κ2) is 32.6. The molecule has 3 heteroatoms. The molecule has 0 aromatic heterocycles. The summed E-state index contributed by atoms with van der Waals surface area (Å²) in [7, 11) is 0. The molecule has 1 atom stereocenters. The molecule has 0 rings (SSSR count). The number of allylic oxidation sites excluding steroid dienone is 7. The zero-order chi connectivity index (χ0) is 28.5. The Bertz CT molecular complexity index is 617. The van der Waals surface area contributed by atoms with Gasteiger partial charge in [0.1, 0.15) is 0 Å². The van der Waals surface area contributed by atoms with Gasteiger partial charge in [-0.25, -0.2) is 0 Å². The van der Waals surface area contributed by atoms with E-state index in [1.165, 1.54) is 83.5 Å². The van der Waals surface area contributed by atoms with Gasteiger partial charge in [-0.1, -0.05) is 146 Å². The number of aliphatic hydroxyl groups is 1. The molecule has 39 heavy (non-hydrogen) atoms. The molecule has 0 aromatic carbocycles. The van der Waals surface area contributed by atoms with Crippen LogP contribution in [0.4, 0.5) is 0 Å². The SMILES string of the molecule is CCCCC=CC=CC=CCCCCCCCC(=O)OCCCCCCCC/C=C\C[C@H](O)CCCCCC. The largest absolute Gasteiger partial charge is 0.466 e. The molecule has 1 N–H and O–H groups in total. The minimum absolute atomic E-state index is 0.0219. The molecular weight excluding hydrogens is 480 g/mol. The summed E-state index contributed by atoms with van der Waals surface area (Å²) in [5, 5.41) is 9.97. The highest BCUT2D eigenvalue weighted by Gasteiger charge is 2.03. The average molecular weight is 545 g/mol. The standard InChI is InChI=1S/C36H64O3/c1-3-5-7-9-10-11-12-13-14-15-16-19-22-25-29-33-36(38)39-34-30-26-23-20-17-18-21-24-28-32-35(37)31-27-8-6-4-2/h9-14,24,28,35,37H,3-8,15-23,25-27,29-34H2,1-2H3/b10-9?,12-11?,14-13?,28-24-/t35-/m1/s1. The predicted octanol–water partition coefficient (Wildman–Crippen LogP) is 11.1. The van der Waals surface area contributed by atoms with Crippen molar-refractivity contribution in [1.82, 2.24) is 0 Å². The molecule has 0 spiro atoms. The second-order valence-electron chi connectivity index (χ2n) is 11.0. The van der Waals surface area contributed by atoms with Crippen molar-refractivity contribution >= 4 is 5.97 Å². The van der Waals surface area contributed by atoms with Crippen LogP contribution >= 0.6 is 0 Å². The van der Waals surface area contributed by atoms with E-state index < -0.39 is 0 Å². The number of unbranched alkanes of at least 4 members (excludes halogenated alkanes) is 16. The average Bonchev–Trinajstić information content (AvgIpc) is 2.93. The van der Waals surface area contributed by atoms with Crippen molar-refractivity contribution in [2.24, 2.45) is 0 Å². The topological polar surface area (TPSA) is 46.5 Å². The van der Waals surface area contributed by atoms with Crippen LogP contribution in [-0.2, 0) is 9.53 Å². The Morgan fingerprint density at radius 3 is 1.79 bits per heavy atom. The lowest BCUT2D eigenvalue weighted by molar-refractivity contribution is -0.143. The highest BCUT2D eigenvalue weighted by molar-refractivity contribution is 5.69. The quantitative estimate of drug-likeness (QED) is 0.0441. The molecule has 0 aromatic rings. The van der Waals surface area contributed by atoms with Crippen LogP contribution in [0.5, 0.6) is 0 Å². The van der Waals surface area contributed by atoms with Crippen molar-refractivity contribution in [3.05, 3.63) is 48.6 Å². The Morgan fingerprint density at radius 2 is 1.13 bits per heavy atom. The summed E-state index contributed by atoms with van der Waals surface area (Å²) in [5.41, 5.74) is 0. The molecule has 0 heterocycles. The van der Waals surface area contributed by atoms with Crippen LogP contribution in [0.3, 0.4) is 0 Å². The van der Waals surface area contributed by atoms with Crippen LogP contribution in [0.25, 0.3) is 0 Å². The van der Waals surface area contributed by atoms with E-state index in [-0.39, 0.29) is 12.1 Å². The van der Waals surface area contributed by atoms with Crippen LogP contribution in [0.15, 0.2) is 48.6 Å². The second-order valence-corrected chi connectivity index (χ2v) is 11.0. The van der Waals surface area contributed by atoms with E-state index >= 15 is 0 Å². The zero-order valence-electron chi connectivity index (χ0n) is 25.9. The lowest BCUT2D eigenvalue weighted by atomic mass is 10.1. The van der Waals surface area contributed by atoms with E-state index in [0.29, 0.717) is 13.0 Å². The molecule has 0 radical (unpaired) electrons. The molecule has 0 saturated carbocycles. The molecule has 0 aliphatic heterocycles. The van der Waals surface area contributed by atoms with E-state index in [9.17, 15) is 9.90 Å². The fraction of sp³-hybridized carbons (Fsp3) is 0.750. The Morgan fingerprint density at radius 1 is 0.590 bits per heavy atom. The van der Waals surface area contributed by atoms with Gasteiger partial charge in [0.05, 0.1) is 12.7 Å². The van der Waals surface area contributed by atoms with Crippen LogP contribution in [0.2, 0.25) is 0 Å². The maximum atomic E-state index is 11.9. The Hall–Kier alpha value is -1.61. The van der Waals surface area contributed by atoms with Gasteiger partial charge < -0.3 is 9.84 Å². The summed E-state index contributed by atoms with van der Waals surface area (Å²) in [6.45, 7) is 5.02. The number of hydrogen-bond donors (Lipinski definition) is 1. The Labute approximate surface area is 243 Å². The lowest BCUT2D eigenvalue weighted by Gasteiger charge is -2.07. The summed E-state index contributed by atoms with van der Waals surface area (Å²) in [5.74, 6) is -0.0219. The first-order chi connectivity index (χ1) is 19.2. The molecule has 0 bridgehead atoms. The molecule has 0 saturated heterocycles. The van der Waals surface area contributed by atoms with Crippen molar-refractivity contribution in [3.8, 4) is 0 Å². The number of hydrogen-bond acceptors (Lipinski definition) is 3. The number of carbonyl (C=O) groups excluding carboxylic acids is 1. The Balaban J connectivity index is 3.35. The van der Waals surface area contributed by atoms with E-state index in [1.54, 1.807) is 0 Å². The molecule has 0 unspecified atom stereocenters. The van der Waals surface area contributed by atoms with Gasteiger partial charge in [-0.3, -0.25) is 4.79 Å². The van der Waals surface area contributed by atoms with Crippen molar-refractivity contribution < 1.29 is 14.6 Å². The van der Waals surface area contributed by atoms with Gasteiger partial charge in [-0.2, -0.15) is 0 Å². The third-order valence-corrected chi connectivity index (χ3v) is 7.08. The van der Waals surface area contributed by atoms with Crippen LogP contribution in [0.1, 0.15) is 162 Å². The van der Waals surface area contributed by atoms with Crippen molar-refractivity contribution in [2.75, 3.05) is 6.61 Å². The fourth-order valence-electron chi connectivity index (χ4n) is 4.49. The van der Waals surface area contributed by atoms with Gasteiger partial charge in [0.15, 0.2) is 0 Å². The Kier molecular flexibility index (Phi) is 31.3. The lowest BCUT2D eigenvalue weighted by Crippen LogP contribution is -2.05. The molecule has 226 valence electrons. The van der Waals surface area contributed by atoms with E-state index in [1.807, 2.05) is 0 Å². The summed E-state index contributed by atoms with van der Waals surface area (Å²) in [6.07, 6.45) is 43.2. The summed E-state index contributed by atoms with van der Waals surface area (Å²) >= 11 is 0. The van der Waals surface area contributed by atoms with Gasteiger partial charge in [0.25, 0.3) is 0 Å². The van der Waals surface area contributed by atoms with Crippen LogP contribution < -0.4 is 0 Å². The van der Waals surface area contributed by atoms with Gasteiger partial charge in [0, 0.05) is 6.42 Å². The first-order valence-electron chi connectivity index (χ1n) is 16.7. The van der Waals surface area contributed by atoms with E-state index in [4.69, 9.17) is 4.74 Å². The molecule has 0 amide bonds.